The molecule has 98 valence electrons. The van der Waals surface area contributed by atoms with Gasteiger partial charge in [0.25, 0.3) is 5.91 Å². The van der Waals surface area contributed by atoms with E-state index in [0.29, 0.717) is 11.3 Å². The molecule has 0 aliphatic heterocycles. The third-order valence-electron chi connectivity index (χ3n) is 3.46. The van der Waals surface area contributed by atoms with Crippen LogP contribution in [0.1, 0.15) is 43.0 Å². The lowest BCUT2D eigenvalue weighted by atomic mass is 9.87. The van der Waals surface area contributed by atoms with E-state index in [4.69, 9.17) is 17.3 Å². The average molecular weight is 268 g/mol. The molecule has 1 amide bonds. The summed E-state index contributed by atoms with van der Waals surface area (Å²) < 4.78 is 0. The van der Waals surface area contributed by atoms with Gasteiger partial charge >= 0.3 is 0 Å². The van der Waals surface area contributed by atoms with Crippen molar-refractivity contribution >= 4 is 23.2 Å². The SMILES string of the molecule is CC1CCC(NC(=O)c2cc(N)cnc2Cl)CC1. The summed E-state index contributed by atoms with van der Waals surface area (Å²) >= 11 is 5.90. The molecule has 3 N–H and O–H groups in total. The van der Waals surface area contributed by atoms with E-state index in [-0.39, 0.29) is 17.1 Å². The minimum Gasteiger partial charge on any atom is -0.397 e. The fourth-order valence-electron chi connectivity index (χ4n) is 2.29. The molecule has 0 bridgehead atoms. The van der Waals surface area contributed by atoms with Crippen LogP contribution in [0.4, 0.5) is 5.69 Å². The van der Waals surface area contributed by atoms with Gasteiger partial charge in [0.2, 0.25) is 0 Å². The Morgan fingerprint density at radius 3 is 2.78 bits per heavy atom. The molecule has 5 heteroatoms. The van der Waals surface area contributed by atoms with E-state index >= 15 is 0 Å². The van der Waals surface area contributed by atoms with Crippen LogP contribution in [0.3, 0.4) is 0 Å². The maximum absolute atomic E-state index is 12.1. The van der Waals surface area contributed by atoms with Gasteiger partial charge in [-0.15, -0.1) is 0 Å². The van der Waals surface area contributed by atoms with Crippen molar-refractivity contribution in [3.63, 3.8) is 0 Å². The van der Waals surface area contributed by atoms with Crippen molar-refractivity contribution in [2.24, 2.45) is 5.92 Å². The molecule has 0 radical (unpaired) electrons. The number of pyridine rings is 1. The summed E-state index contributed by atoms with van der Waals surface area (Å²) in [7, 11) is 0. The highest BCUT2D eigenvalue weighted by Gasteiger charge is 2.21. The van der Waals surface area contributed by atoms with Crippen molar-refractivity contribution in [3.05, 3.63) is 23.0 Å². The van der Waals surface area contributed by atoms with Crippen LogP contribution in [0.5, 0.6) is 0 Å². The van der Waals surface area contributed by atoms with E-state index in [1.54, 1.807) is 6.07 Å². The van der Waals surface area contributed by atoms with Crippen LogP contribution in [-0.4, -0.2) is 16.9 Å². The van der Waals surface area contributed by atoms with Gasteiger partial charge in [0, 0.05) is 6.04 Å². The van der Waals surface area contributed by atoms with Crippen molar-refractivity contribution in [2.75, 3.05) is 5.73 Å². The smallest absolute Gasteiger partial charge is 0.254 e. The van der Waals surface area contributed by atoms with Gasteiger partial charge in [-0.3, -0.25) is 4.79 Å². The van der Waals surface area contributed by atoms with Crippen LogP contribution in [0.15, 0.2) is 12.3 Å². The first-order chi connectivity index (χ1) is 8.56. The molecule has 18 heavy (non-hydrogen) atoms. The zero-order valence-corrected chi connectivity index (χ0v) is 11.2. The molecule has 1 saturated carbocycles. The van der Waals surface area contributed by atoms with Crippen LogP contribution in [0.2, 0.25) is 5.15 Å². The van der Waals surface area contributed by atoms with Gasteiger partial charge in [0.05, 0.1) is 17.4 Å². The Morgan fingerprint density at radius 1 is 1.44 bits per heavy atom. The Kier molecular flexibility index (Phi) is 4.07. The predicted molar refractivity (Wildman–Crippen MR) is 72.5 cm³/mol. The van der Waals surface area contributed by atoms with Gasteiger partial charge in [-0.25, -0.2) is 4.98 Å². The van der Waals surface area contributed by atoms with Gasteiger partial charge in [0.1, 0.15) is 5.15 Å². The second-order valence-electron chi connectivity index (χ2n) is 5.04. The first kappa shape index (κ1) is 13.1. The van der Waals surface area contributed by atoms with Gasteiger partial charge in [-0.05, 0) is 37.7 Å². The van der Waals surface area contributed by atoms with Crippen molar-refractivity contribution in [1.29, 1.82) is 0 Å². The van der Waals surface area contributed by atoms with E-state index in [9.17, 15) is 4.79 Å². The number of hydrogen-bond donors (Lipinski definition) is 2. The number of nitrogen functional groups attached to an aromatic ring is 1. The number of rotatable bonds is 2. The first-order valence-corrected chi connectivity index (χ1v) is 6.66. The molecule has 0 saturated heterocycles. The Morgan fingerprint density at radius 2 is 2.11 bits per heavy atom. The topological polar surface area (TPSA) is 68.0 Å². The molecule has 2 rings (SSSR count). The van der Waals surface area contributed by atoms with E-state index in [1.165, 1.54) is 6.20 Å². The van der Waals surface area contributed by atoms with Crippen molar-refractivity contribution in [3.8, 4) is 0 Å². The molecule has 0 atom stereocenters. The van der Waals surface area contributed by atoms with Crippen molar-refractivity contribution < 1.29 is 4.79 Å². The quantitative estimate of drug-likeness (QED) is 0.810. The molecule has 1 aromatic rings. The highest BCUT2D eigenvalue weighted by molar-refractivity contribution is 6.32. The maximum Gasteiger partial charge on any atom is 0.254 e. The second kappa shape index (κ2) is 5.57. The zero-order valence-electron chi connectivity index (χ0n) is 10.4. The molecular formula is C13H18ClN3O. The van der Waals surface area contributed by atoms with E-state index < -0.39 is 0 Å². The van der Waals surface area contributed by atoms with Crippen LogP contribution in [0.25, 0.3) is 0 Å². The lowest BCUT2D eigenvalue weighted by Crippen LogP contribution is -2.37. The lowest BCUT2D eigenvalue weighted by Gasteiger charge is -2.27. The molecule has 4 nitrogen and oxygen atoms in total. The maximum atomic E-state index is 12.1. The molecule has 0 aromatic carbocycles. The summed E-state index contributed by atoms with van der Waals surface area (Å²) in [6.07, 6.45) is 5.82. The molecule has 0 unspecified atom stereocenters. The first-order valence-electron chi connectivity index (χ1n) is 6.28. The van der Waals surface area contributed by atoms with Gasteiger partial charge < -0.3 is 11.1 Å². The number of hydrogen-bond acceptors (Lipinski definition) is 3. The molecule has 1 aliphatic rings. The molecular weight excluding hydrogens is 250 g/mol. The van der Waals surface area contributed by atoms with E-state index in [1.807, 2.05) is 0 Å². The van der Waals surface area contributed by atoms with Gasteiger partial charge in [0.15, 0.2) is 0 Å². The minimum absolute atomic E-state index is 0.181. The summed E-state index contributed by atoms with van der Waals surface area (Å²) in [5, 5.41) is 3.20. The standard InChI is InChI=1S/C13H18ClN3O/c1-8-2-4-10(5-3-8)17-13(18)11-6-9(15)7-16-12(11)14/h6-8,10H,2-5,15H2,1H3,(H,17,18). The fourth-order valence-corrected chi connectivity index (χ4v) is 2.48. The number of aromatic nitrogens is 1. The number of amides is 1. The van der Waals surface area contributed by atoms with Crippen molar-refractivity contribution in [2.45, 2.75) is 38.6 Å². The number of nitrogens with one attached hydrogen (secondary N) is 1. The third kappa shape index (κ3) is 3.13. The Bertz CT molecular complexity index is 442. The number of carbonyl (C=O) groups excluding carboxylic acids is 1. The summed E-state index contributed by atoms with van der Waals surface area (Å²) in [5.41, 5.74) is 6.42. The number of nitrogens with zero attached hydrogens (tertiary/aromatic N) is 1. The second-order valence-corrected chi connectivity index (χ2v) is 5.40. The number of nitrogens with two attached hydrogens (primary N) is 1. The Balaban J connectivity index is 2.01. The largest absolute Gasteiger partial charge is 0.397 e. The van der Waals surface area contributed by atoms with Gasteiger partial charge in [-0.1, -0.05) is 18.5 Å². The van der Waals surface area contributed by atoms with Crippen LogP contribution in [0, 0.1) is 5.92 Å². The third-order valence-corrected chi connectivity index (χ3v) is 3.76. The lowest BCUT2D eigenvalue weighted by molar-refractivity contribution is 0.0923. The number of anilines is 1. The summed E-state index contributed by atoms with van der Waals surface area (Å²) in [6.45, 7) is 2.25. The summed E-state index contributed by atoms with van der Waals surface area (Å²) in [4.78, 5) is 16.0. The highest BCUT2D eigenvalue weighted by Crippen LogP contribution is 2.24. The average Bonchev–Trinajstić information content (AvgIpc) is 2.35. The van der Waals surface area contributed by atoms with Crippen LogP contribution in [-0.2, 0) is 0 Å². The monoisotopic (exact) mass is 267 g/mol. The molecule has 1 heterocycles. The zero-order chi connectivity index (χ0) is 13.1. The minimum atomic E-state index is -0.181. The molecule has 1 fully saturated rings. The Hall–Kier alpha value is -1.29. The van der Waals surface area contributed by atoms with Gasteiger partial charge in [-0.2, -0.15) is 0 Å². The van der Waals surface area contributed by atoms with E-state index in [0.717, 1.165) is 31.6 Å². The number of carbonyl (C=O) groups is 1. The number of halogens is 1. The molecule has 0 spiro atoms. The van der Waals surface area contributed by atoms with E-state index in [2.05, 4.69) is 17.2 Å². The fraction of sp³-hybridized carbons (Fsp3) is 0.538. The molecule has 1 aliphatic carbocycles. The van der Waals surface area contributed by atoms with Crippen molar-refractivity contribution in [1.82, 2.24) is 10.3 Å². The summed E-state index contributed by atoms with van der Waals surface area (Å²) in [6, 6.07) is 1.81. The van der Waals surface area contributed by atoms with Crippen LogP contribution < -0.4 is 11.1 Å². The summed E-state index contributed by atoms with van der Waals surface area (Å²) in [5.74, 6) is 0.579. The van der Waals surface area contributed by atoms with Crippen LogP contribution >= 0.6 is 11.6 Å². The highest BCUT2D eigenvalue weighted by atomic mass is 35.5. The Labute approximate surface area is 112 Å². The normalized spacial score (nSPS) is 23.7. The predicted octanol–water partition coefficient (Wildman–Crippen LogP) is 2.63. The molecule has 1 aromatic heterocycles.